The maximum absolute atomic E-state index is 12.6. The Morgan fingerprint density at radius 3 is 2.24 bits per heavy atom. The number of nitrogens with zero attached hydrogens (tertiary/aromatic N) is 1. The highest BCUT2D eigenvalue weighted by atomic mass is 16.5. The highest BCUT2D eigenvalue weighted by Crippen LogP contribution is 2.22. The summed E-state index contributed by atoms with van der Waals surface area (Å²) in [7, 11) is 1.28. The van der Waals surface area contributed by atoms with Gasteiger partial charge in [0.1, 0.15) is 5.54 Å². The zero-order valence-corrected chi connectivity index (χ0v) is 14.1. The van der Waals surface area contributed by atoms with E-state index in [9.17, 15) is 9.59 Å². The second kappa shape index (κ2) is 8.65. The SMILES string of the molecule is COC(=O)[C@](CCC#N)(Cc1ccccc1)NC(=O)c1ccccc1. The van der Waals surface area contributed by atoms with E-state index in [0.717, 1.165) is 5.56 Å². The molecule has 0 heterocycles. The van der Waals surface area contributed by atoms with Gasteiger partial charge < -0.3 is 10.1 Å². The second-order valence-electron chi connectivity index (χ2n) is 5.71. The van der Waals surface area contributed by atoms with Crippen LogP contribution in [0.25, 0.3) is 0 Å². The number of methoxy groups -OCH3 is 1. The highest BCUT2D eigenvalue weighted by molar-refractivity contribution is 5.98. The molecular weight excluding hydrogens is 316 g/mol. The summed E-state index contributed by atoms with van der Waals surface area (Å²) < 4.78 is 4.96. The summed E-state index contributed by atoms with van der Waals surface area (Å²) in [5.41, 5.74) is 0.0265. The molecule has 0 aliphatic heterocycles. The van der Waals surface area contributed by atoms with E-state index in [1.54, 1.807) is 24.3 Å². The Morgan fingerprint density at radius 1 is 1.08 bits per heavy atom. The molecule has 5 nitrogen and oxygen atoms in total. The van der Waals surface area contributed by atoms with Crippen LogP contribution >= 0.6 is 0 Å². The van der Waals surface area contributed by atoms with Gasteiger partial charge in [0.15, 0.2) is 0 Å². The Hall–Kier alpha value is -3.13. The Labute approximate surface area is 147 Å². The first-order valence-corrected chi connectivity index (χ1v) is 7.98. The van der Waals surface area contributed by atoms with Crippen LogP contribution in [0, 0.1) is 11.3 Å². The van der Waals surface area contributed by atoms with E-state index in [1.807, 2.05) is 42.5 Å². The zero-order chi connectivity index (χ0) is 18.1. The number of esters is 1. The molecule has 128 valence electrons. The van der Waals surface area contributed by atoms with E-state index in [0.29, 0.717) is 5.56 Å². The van der Waals surface area contributed by atoms with Crippen LogP contribution in [0.3, 0.4) is 0 Å². The molecule has 0 radical (unpaired) electrons. The predicted octanol–water partition coefficient (Wildman–Crippen LogP) is 2.87. The maximum Gasteiger partial charge on any atom is 0.331 e. The van der Waals surface area contributed by atoms with Gasteiger partial charge >= 0.3 is 5.97 Å². The fourth-order valence-corrected chi connectivity index (χ4v) is 2.71. The third-order valence-electron chi connectivity index (χ3n) is 3.98. The van der Waals surface area contributed by atoms with E-state index in [1.165, 1.54) is 7.11 Å². The quantitative estimate of drug-likeness (QED) is 0.789. The summed E-state index contributed by atoms with van der Waals surface area (Å²) in [6, 6.07) is 20.0. The van der Waals surface area contributed by atoms with Crippen LogP contribution in [0.2, 0.25) is 0 Å². The minimum absolute atomic E-state index is 0.122. The third-order valence-corrected chi connectivity index (χ3v) is 3.98. The molecule has 0 saturated carbocycles. The first kappa shape index (κ1) is 18.2. The summed E-state index contributed by atoms with van der Waals surface area (Å²) in [5, 5.41) is 11.8. The molecule has 0 saturated heterocycles. The number of hydrogen-bond acceptors (Lipinski definition) is 4. The van der Waals surface area contributed by atoms with Gasteiger partial charge in [-0.1, -0.05) is 48.5 Å². The highest BCUT2D eigenvalue weighted by Gasteiger charge is 2.41. The molecular formula is C20H20N2O3. The lowest BCUT2D eigenvalue weighted by atomic mass is 9.86. The molecule has 2 aromatic rings. The molecule has 0 fully saturated rings. The van der Waals surface area contributed by atoms with Gasteiger partial charge in [-0.3, -0.25) is 4.79 Å². The van der Waals surface area contributed by atoms with Gasteiger partial charge in [-0.15, -0.1) is 0 Å². The van der Waals surface area contributed by atoms with Crippen LogP contribution in [0.15, 0.2) is 60.7 Å². The van der Waals surface area contributed by atoms with E-state index >= 15 is 0 Å². The maximum atomic E-state index is 12.6. The Bertz CT molecular complexity index is 754. The lowest BCUT2D eigenvalue weighted by molar-refractivity contribution is -0.148. The van der Waals surface area contributed by atoms with Crippen molar-refractivity contribution in [3.05, 3.63) is 71.8 Å². The van der Waals surface area contributed by atoms with Gasteiger partial charge in [0.2, 0.25) is 0 Å². The monoisotopic (exact) mass is 336 g/mol. The van der Waals surface area contributed by atoms with Crippen molar-refractivity contribution in [2.75, 3.05) is 7.11 Å². The van der Waals surface area contributed by atoms with Crippen LogP contribution in [-0.4, -0.2) is 24.5 Å². The van der Waals surface area contributed by atoms with Crippen molar-refractivity contribution >= 4 is 11.9 Å². The molecule has 2 rings (SSSR count). The Morgan fingerprint density at radius 2 is 1.68 bits per heavy atom. The summed E-state index contributed by atoms with van der Waals surface area (Å²) in [5.74, 6) is -0.934. The lowest BCUT2D eigenvalue weighted by Gasteiger charge is -2.31. The average Bonchev–Trinajstić information content (AvgIpc) is 2.66. The number of carbonyl (C=O) groups is 2. The van der Waals surface area contributed by atoms with E-state index < -0.39 is 11.5 Å². The average molecular weight is 336 g/mol. The molecule has 1 atom stereocenters. The zero-order valence-electron chi connectivity index (χ0n) is 14.1. The van der Waals surface area contributed by atoms with Gasteiger partial charge in [0, 0.05) is 18.4 Å². The second-order valence-corrected chi connectivity index (χ2v) is 5.71. The minimum atomic E-state index is -1.29. The van der Waals surface area contributed by atoms with Crippen LogP contribution in [0.4, 0.5) is 0 Å². The largest absolute Gasteiger partial charge is 0.467 e. The number of amides is 1. The van der Waals surface area contributed by atoms with Crippen molar-refractivity contribution < 1.29 is 14.3 Å². The molecule has 5 heteroatoms. The van der Waals surface area contributed by atoms with Gasteiger partial charge in [-0.2, -0.15) is 5.26 Å². The molecule has 0 aromatic heterocycles. The molecule has 2 aromatic carbocycles. The Balaban J connectivity index is 2.36. The van der Waals surface area contributed by atoms with Gasteiger partial charge in [0.25, 0.3) is 5.91 Å². The Kier molecular flexibility index (Phi) is 6.30. The summed E-state index contributed by atoms with van der Waals surface area (Å²) in [6.07, 6.45) is 0.543. The van der Waals surface area contributed by atoms with Crippen molar-refractivity contribution in [1.29, 1.82) is 5.26 Å². The fraction of sp³-hybridized carbons (Fsp3) is 0.250. The number of benzene rings is 2. The summed E-state index contributed by atoms with van der Waals surface area (Å²) in [4.78, 5) is 25.2. The molecule has 1 amide bonds. The first-order valence-electron chi connectivity index (χ1n) is 7.98. The third kappa shape index (κ3) is 4.67. The van der Waals surface area contributed by atoms with E-state index in [2.05, 4.69) is 5.32 Å². The molecule has 0 bridgehead atoms. The normalized spacial score (nSPS) is 12.5. The minimum Gasteiger partial charge on any atom is -0.467 e. The van der Waals surface area contributed by atoms with Gasteiger partial charge in [-0.05, 0) is 24.1 Å². The number of ether oxygens (including phenoxy) is 1. The van der Waals surface area contributed by atoms with Gasteiger partial charge in [0.05, 0.1) is 13.2 Å². The van der Waals surface area contributed by atoms with E-state index in [4.69, 9.17) is 10.00 Å². The van der Waals surface area contributed by atoms with Crippen LogP contribution in [0.5, 0.6) is 0 Å². The standard InChI is InChI=1S/C20H20N2O3/c1-25-19(24)20(13-8-14-21,15-16-9-4-2-5-10-16)22-18(23)17-11-6-3-7-12-17/h2-7,9-12H,8,13,15H2,1H3,(H,22,23)/t20-/m0/s1. The van der Waals surface area contributed by atoms with Crippen molar-refractivity contribution in [2.45, 2.75) is 24.8 Å². The first-order chi connectivity index (χ1) is 12.1. The molecule has 0 aliphatic rings. The molecule has 0 aliphatic carbocycles. The molecule has 0 unspecified atom stereocenters. The van der Waals surface area contributed by atoms with E-state index in [-0.39, 0.29) is 25.2 Å². The lowest BCUT2D eigenvalue weighted by Crippen LogP contribution is -2.56. The number of hydrogen-bond donors (Lipinski definition) is 1. The van der Waals surface area contributed by atoms with Crippen LogP contribution in [-0.2, 0) is 16.0 Å². The fourth-order valence-electron chi connectivity index (χ4n) is 2.71. The predicted molar refractivity (Wildman–Crippen MR) is 93.6 cm³/mol. The van der Waals surface area contributed by atoms with Crippen molar-refractivity contribution in [2.24, 2.45) is 0 Å². The number of rotatable bonds is 7. The summed E-state index contributed by atoms with van der Waals surface area (Å²) in [6.45, 7) is 0. The number of carbonyl (C=O) groups excluding carboxylic acids is 2. The smallest absolute Gasteiger partial charge is 0.331 e. The topological polar surface area (TPSA) is 79.2 Å². The molecule has 25 heavy (non-hydrogen) atoms. The van der Waals surface area contributed by atoms with Crippen molar-refractivity contribution in [1.82, 2.24) is 5.32 Å². The van der Waals surface area contributed by atoms with Crippen molar-refractivity contribution in [3.63, 3.8) is 0 Å². The number of nitriles is 1. The van der Waals surface area contributed by atoms with Crippen molar-refractivity contribution in [3.8, 4) is 6.07 Å². The molecule has 1 N–H and O–H groups in total. The molecule has 0 spiro atoms. The summed E-state index contributed by atoms with van der Waals surface area (Å²) >= 11 is 0. The van der Waals surface area contributed by atoms with Gasteiger partial charge in [-0.25, -0.2) is 4.79 Å². The van der Waals surface area contributed by atoms with Crippen LogP contribution in [0.1, 0.15) is 28.8 Å². The van der Waals surface area contributed by atoms with Crippen LogP contribution < -0.4 is 5.32 Å². The number of nitrogens with one attached hydrogen (secondary N) is 1.